The van der Waals surface area contributed by atoms with Crippen molar-refractivity contribution >= 4 is 24.0 Å². The third-order valence-corrected chi connectivity index (χ3v) is 3.80. The standard InChI is InChI=1S/C21H29N3O7/c1-20(2,3)30-18(26)23-15(13-9-11-14(28-7)12-10-13)22-16(17(25)29-8)24(23)19(27)31-21(4,5)6/h9-12,16H,1-8H3/t16-/m1/s1. The fourth-order valence-corrected chi connectivity index (χ4v) is 2.60. The van der Waals surface area contributed by atoms with Gasteiger partial charge in [-0.3, -0.25) is 0 Å². The Morgan fingerprint density at radius 3 is 1.84 bits per heavy atom. The van der Waals surface area contributed by atoms with Gasteiger partial charge in [0.05, 0.1) is 14.2 Å². The molecule has 2 rings (SSSR count). The minimum atomic E-state index is -1.47. The van der Waals surface area contributed by atoms with Crippen LogP contribution in [0.5, 0.6) is 5.75 Å². The fourth-order valence-electron chi connectivity index (χ4n) is 2.60. The molecule has 1 aromatic rings. The highest BCUT2D eigenvalue weighted by Gasteiger charge is 2.49. The Bertz CT molecular complexity index is 866. The molecule has 1 aliphatic heterocycles. The van der Waals surface area contributed by atoms with E-state index in [0.717, 1.165) is 17.1 Å². The van der Waals surface area contributed by atoms with E-state index in [-0.39, 0.29) is 5.84 Å². The first-order valence-corrected chi connectivity index (χ1v) is 9.62. The number of amides is 2. The van der Waals surface area contributed by atoms with Crippen molar-refractivity contribution in [3.05, 3.63) is 29.8 Å². The minimum absolute atomic E-state index is 0.0261. The summed E-state index contributed by atoms with van der Waals surface area (Å²) in [6.07, 6.45) is -3.33. The number of nitrogens with zero attached hydrogens (tertiary/aromatic N) is 3. The summed E-state index contributed by atoms with van der Waals surface area (Å²) in [5.74, 6) is -0.235. The maximum absolute atomic E-state index is 13.1. The number of esters is 1. The van der Waals surface area contributed by atoms with Crippen molar-refractivity contribution in [2.24, 2.45) is 4.99 Å². The molecule has 0 N–H and O–H groups in total. The predicted molar refractivity (Wildman–Crippen MR) is 111 cm³/mol. The molecule has 0 spiro atoms. The van der Waals surface area contributed by atoms with E-state index in [2.05, 4.69) is 4.99 Å². The molecule has 10 nitrogen and oxygen atoms in total. The maximum atomic E-state index is 13.1. The second kappa shape index (κ2) is 8.83. The first-order chi connectivity index (χ1) is 14.3. The summed E-state index contributed by atoms with van der Waals surface area (Å²) >= 11 is 0. The Morgan fingerprint density at radius 1 is 0.871 bits per heavy atom. The van der Waals surface area contributed by atoms with Gasteiger partial charge < -0.3 is 18.9 Å². The predicted octanol–water partition coefficient (Wildman–Crippen LogP) is 3.34. The van der Waals surface area contributed by atoms with Crippen LogP contribution < -0.4 is 4.74 Å². The summed E-state index contributed by atoms with van der Waals surface area (Å²) in [4.78, 5) is 42.9. The van der Waals surface area contributed by atoms with E-state index >= 15 is 0 Å². The molecule has 1 heterocycles. The molecule has 1 aromatic carbocycles. The molecule has 0 radical (unpaired) electrons. The molecule has 0 aliphatic carbocycles. The molecule has 0 aromatic heterocycles. The average molecular weight is 435 g/mol. The van der Waals surface area contributed by atoms with Crippen molar-refractivity contribution in [1.82, 2.24) is 10.0 Å². The van der Waals surface area contributed by atoms with Gasteiger partial charge in [0.15, 0.2) is 5.84 Å². The number of carbonyl (C=O) groups is 3. The molecule has 170 valence electrons. The van der Waals surface area contributed by atoms with Crippen LogP contribution in [0.25, 0.3) is 0 Å². The van der Waals surface area contributed by atoms with Gasteiger partial charge in [0, 0.05) is 5.56 Å². The van der Waals surface area contributed by atoms with Gasteiger partial charge >= 0.3 is 18.2 Å². The number of hydrazine groups is 1. The zero-order valence-electron chi connectivity index (χ0n) is 19.1. The van der Waals surface area contributed by atoms with Crippen molar-refractivity contribution in [1.29, 1.82) is 0 Å². The van der Waals surface area contributed by atoms with Crippen molar-refractivity contribution in [2.45, 2.75) is 58.9 Å². The average Bonchev–Trinajstić information content (AvgIpc) is 3.05. The van der Waals surface area contributed by atoms with Crippen LogP contribution in [0.1, 0.15) is 47.1 Å². The van der Waals surface area contributed by atoms with E-state index in [1.165, 1.54) is 7.11 Å². The van der Waals surface area contributed by atoms with Crippen molar-refractivity contribution in [3.8, 4) is 5.75 Å². The Morgan fingerprint density at radius 2 is 1.39 bits per heavy atom. The van der Waals surface area contributed by atoms with Gasteiger partial charge in [-0.2, -0.15) is 10.0 Å². The lowest BCUT2D eigenvalue weighted by Gasteiger charge is -2.33. The van der Waals surface area contributed by atoms with Crippen LogP contribution in [0.4, 0.5) is 9.59 Å². The molecule has 31 heavy (non-hydrogen) atoms. The molecular weight excluding hydrogens is 406 g/mol. The summed E-state index contributed by atoms with van der Waals surface area (Å²) in [7, 11) is 2.68. The monoisotopic (exact) mass is 435 g/mol. The molecule has 1 aliphatic rings. The number of methoxy groups -OCH3 is 2. The lowest BCUT2D eigenvalue weighted by molar-refractivity contribution is -0.149. The van der Waals surface area contributed by atoms with Gasteiger partial charge in [-0.25, -0.2) is 19.4 Å². The van der Waals surface area contributed by atoms with Crippen LogP contribution in [0.15, 0.2) is 29.3 Å². The van der Waals surface area contributed by atoms with E-state index in [0.29, 0.717) is 11.3 Å². The third kappa shape index (κ3) is 5.87. The molecule has 0 saturated carbocycles. The van der Waals surface area contributed by atoms with E-state index in [1.807, 2.05) is 0 Å². The summed E-state index contributed by atoms with van der Waals surface area (Å²) in [5, 5.41) is 1.69. The van der Waals surface area contributed by atoms with Crippen LogP contribution in [0.2, 0.25) is 0 Å². The molecule has 2 amide bonds. The van der Waals surface area contributed by atoms with Gasteiger partial charge in [0.1, 0.15) is 17.0 Å². The fraction of sp³-hybridized carbons (Fsp3) is 0.524. The van der Waals surface area contributed by atoms with Crippen LogP contribution >= 0.6 is 0 Å². The molecule has 0 bridgehead atoms. The number of carbonyl (C=O) groups excluding carboxylic acids is 3. The van der Waals surface area contributed by atoms with Crippen LogP contribution in [0, 0.1) is 0 Å². The molecule has 0 saturated heterocycles. The SMILES string of the molecule is COC(=O)[C@@H]1N=C(c2ccc(OC)cc2)N(C(=O)OC(C)(C)C)N1C(=O)OC(C)(C)C. The normalized spacial score (nSPS) is 16.5. The number of hydrogen-bond donors (Lipinski definition) is 0. The molecule has 0 fully saturated rings. The summed E-state index contributed by atoms with van der Waals surface area (Å²) < 4.78 is 20.8. The Kier molecular flexibility index (Phi) is 6.83. The van der Waals surface area contributed by atoms with E-state index in [1.54, 1.807) is 65.8 Å². The Hall–Kier alpha value is -3.30. The van der Waals surface area contributed by atoms with Crippen LogP contribution in [0.3, 0.4) is 0 Å². The quantitative estimate of drug-likeness (QED) is 0.529. The van der Waals surface area contributed by atoms with Gasteiger partial charge in [0.25, 0.3) is 0 Å². The third-order valence-electron chi connectivity index (χ3n) is 3.80. The van der Waals surface area contributed by atoms with E-state index in [4.69, 9.17) is 18.9 Å². The largest absolute Gasteiger partial charge is 0.497 e. The second-order valence-electron chi connectivity index (χ2n) is 8.70. The highest BCUT2D eigenvalue weighted by atomic mass is 16.6. The lowest BCUT2D eigenvalue weighted by Crippen LogP contribution is -2.55. The minimum Gasteiger partial charge on any atom is -0.497 e. The number of aliphatic imine (C=N–C) groups is 1. The molecule has 1 atom stereocenters. The Labute approximate surface area is 181 Å². The maximum Gasteiger partial charge on any atom is 0.435 e. The number of hydrogen-bond acceptors (Lipinski definition) is 8. The van der Waals surface area contributed by atoms with Crippen LogP contribution in [-0.4, -0.2) is 65.6 Å². The highest BCUT2D eigenvalue weighted by molar-refractivity contribution is 6.10. The summed E-state index contributed by atoms with van der Waals surface area (Å²) in [6, 6.07) is 6.60. The first kappa shape index (κ1) is 24.0. The number of benzene rings is 1. The van der Waals surface area contributed by atoms with E-state index in [9.17, 15) is 14.4 Å². The van der Waals surface area contributed by atoms with Gasteiger partial charge in [0.2, 0.25) is 6.17 Å². The van der Waals surface area contributed by atoms with Gasteiger partial charge in [-0.1, -0.05) is 0 Å². The summed E-state index contributed by atoms with van der Waals surface area (Å²) in [6.45, 7) is 10.0. The van der Waals surface area contributed by atoms with Crippen molar-refractivity contribution in [3.63, 3.8) is 0 Å². The van der Waals surface area contributed by atoms with Crippen LogP contribution in [-0.2, 0) is 19.0 Å². The molecular formula is C21H29N3O7. The second-order valence-corrected chi connectivity index (χ2v) is 8.70. The number of amidine groups is 1. The van der Waals surface area contributed by atoms with Crippen molar-refractivity contribution in [2.75, 3.05) is 14.2 Å². The van der Waals surface area contributed by atoms with E-state index < -0.39 is 35.5 Å². The number of ether oxygens (including phenoxy) is 4. The smallest absolute Gasteiger partial charge is 0.435 e. The zero-order chi connectivity index (χ0) is 23.6. The van der Waals surface area contributed by atoms with Gasteiger partial charge in [-0.05, 0) is 65.8 Å². The lowest BCUT2D eigenvalue weighted by atomic mass is 10.2. The summed E-state index contributed by atoms with van der Waals surface area (Å²) in [5.41, 5.74) is -1.31. The van der Waals surface area contributed by atoms with Gasteiger partial charge in [-0.15, -0.1) is 0 Å². The van der Waals surface area contributed by atoms with Crippen molar-refractivity contribution < 1.29 is 33.3 Å². The number of rotatable bonds is 3. The Balaban J connectivity index is 2.59. The first-order valence-electron chi connectivity index (χ1n) is 9.62. The molecule has 0 unspecified atom stereocenters. The highest BCUT2D eigenvalue weighted by Crippen LogP contribution is 2.27. The zero-order valence-corrected chi connectivity index (χ0v) is 19.1. The topological polar surface area (TPSA) is 107 Å². The molecule has 10 heteroatoms.